The molecule has 0 spiro atoms. The van der Waals surface area contributed by atoms with Crippen LogP contribution in [0.3, 0.4) is 0 Å². The fourth-order valence-corrected chi connectivity index (χ4v) is 1.52. The van der Waals surface area contributed by atoms with Gasteiger partial charge in [-0.05, 0) is 38.5 Å². The van der Waals surface area contributed by atoms with E-state index >= 15 is 0 Å². The minimum Gasteiger partial charge on any atom is -0.372 e. The highest BCUT2D eigenvalue weighted by molar-refractivity contribution is 6.30. The number of nitrogens with zero attached hydrogens (tertiary/aromatic N) is 1. The van der Waals surface area contributed by atoms with Gasteiger partial charge < -0.3 is 10.6 Å². The molecule has 0 atom stereocenters. The first-order valence-electron chi connectivity index (χ1n) is 5.25. The van der Waals surface area contributed by atoms with E-state index in [1.165, 1.54) is 6.07 Å². The molecule has 1 aromatic carbocycles. The molecule has 2 nitrogen and oxygen atoms in total. The second kappa shape index (κ2) is 5.02. The average Bonchev–Trinajstić information content (AvgIpc) is 2.17. The summed E-state index contributed by atoms with van der Waals surface area (Å²) in [6, 6.07) is 4.54. The van der Waals surface area contributed by atoms with Gasteiger partial charge in [0.05, 0.1) is 5.69 Å². The fourth-order valence-electron chi connectivity index (χ4n) is 1.35. The summed E-state index contributed by atoms with van der Waals surface area (Å²) in [6.45, 7) is 4.60. The van der Waals surface area contributed by atoms with Crippen molar-refractivity contribution in [3.63, 3.8) is 0 Å². The van der Waals surface area contributed by atoms with Gasteiger partial charge in [0.25, 0.3) is 0 Å². The maximum absolute atomic E-state index is 13.5. The summed E-state index contributed by atoms with van der Waals surface area (Å²) in [5.41, 5.74) is 6.15. The van der Waals surface area contributed by atoms with Gasteiger partial charge in [0.15, 0.2) is 0 Å². The fraction of sp³-hybridized carbons (Fsp3) is 0.500. The molecule has 0 aliphatic heterocycles. The molecule has 0 bridgehead atoms. The van der Waals surface area contributed by atoms with E-state index in [9.17, 15) is 4.39 Å². The van der Waals surface area contributed by atoms with Crippen molar-refractivity contribution in [1.29, 1.82) is 0 Å². The Labute approximate surface area is 101 Å². The molecule has 0 unspecified atom stereocenters. The van der Waals surface area contributed by atoms with Gasteiger partial charge in [-0.25, -0.2) is 4.39 Å². The highest BCUT2D eigenvalue weighted by Gasteiger charge is 2.14. The molecule has 0 fully saturated rings. The Balaban J connectivity index is 2.73. The number of nitrogens with two attached hydrogens (primary N) is 1. The van der Waals surface area contributed by atoms with Crippen LogP contribution >= 0.6 is 11.6 Å². The van der Waals surface area contributed by atoms with Crippen molar-refractivity contribution < 1.29 is 4.39 Å². The highest BCUT2D eigenvalue weighted by atomic mass is 35.5. The predicted octanol–water partition coefficient (Wildman–Crippen LogP) is 3.04. The van der Waals surface area contributed by atoms with E-state index < -0.39 is 0 Å². The summed E-state index contributed by atoms with van der Waals surface area (Å²) in [7, 11) is 1.83. The van der Waals surface area contributed by atoms with Crippen molar-refractivity contribution in [2.75, 3.05) is 18.5 Å². The van der Waals surface area contributed by atoms with E-state index in [2.05, 4.69) is 0 Å². The van der Waals surface area contributed by atoms with Crippen molar-refractivity contribution in [3.8, 4) is 0 Å². The van der Waals surface area contributed by atoms with Gasteiger partial charge in [-0.15, -0.1) is 0 Å². The topological polar surface area (TPSA) is 29.3 Å². The highest BCUT2D eigenvalue weighted by Crippen LogP contribution is 2.23. The SMILES string of the molecule is CN(CCC(C)(C)N)c1cc(Cl)ccc1F. The molecular formula is C12H18ClFN2. The minimum atomic E-state index is -0.262. The van der Waals surface area contributed by atoms with Gasteiger partial charge in [-0.3, -0.25) is 0 Å². The summed E-state index contributed by atoms with van der Waals surface area (Å²) in [6.07, 6.45) is 0.787. The van der Waals surface area contributed by atoms with Crippen LogP contribution in [0, 0.1) is 5.82 Å². The van der Waals surface area contributed by atoms with Crippen LogP contribution in [-0.2, 0) is 0 Å². The van der Waals surface area contributed by atoms with Gasteiger partial charge in [-0.1, -0.05) is 11.6 Å². The largest absolute Gasteiger partial charge is 0.372 e. The summed E-state index contributed by atoms with van der Waals surface area (Å²) in [4.78, 5) is 1.83. The predicted molar refractivity (Wildman–Crippen MR) is 67.6 cm³/mol. The van der Waals surface area contributed by atoms with Crippen LogP contribution in [0.4, 0.5) is 10.1 Å². The lowest BCUT2D eigenvalue weighted by Gasteiger charge is -2.25. The van der Waals surface area contributed by atoms with Crippen molar-refractivity contribution in [2.45, 2.75) is 25.8 Å². The average molecular weight is 245 g/mol. The number of rotatable bonds is 4. The molecule has 0 aliphatic rings. The van der Waals surface area contributed by atoms with Crippen molar-refractivity contribution >= 4 is 17.3 Å². The number of hydrogen-bond donors (Lipinski definition) is 1. The Kier molecular flexibility index (Phi) is 4.16. The molecule has 0 radical (unpaired) electrons. The van der Waals surface area contributed by atoms with Crippen LogP contribution in [0.5, 0.6) is 0 Å². The van der Waals surface area contributed by atoms with Crippen LogP contribution in [0.15, 0.2) is 18.2 Å². The number of anilines is 1. The molecule has 90 valence electrons. The number of halogens is 2. The molecule has 0 aliphatic carbocycles. The lowest BCUT2D eigenvalue weighted by atomic mass is 10.0. The van der Waals surface area contributed by atoms with E-state index in [0.29, 0.717) is 17.3 Å². The maximum Gasteiger partial charge on any atom is 0.146 e. The van der Waals surface area contributed by atoms with Crippen molar-refractivity contribution in [2.24, 2.45) is 5.73 Å². The van der Waals surface area contributed by atoms with Gasteiger partial charge in [0.2, 0.25) is 0 Å². The summed E-state index contributed by atoms with van der Waals surface area (Å²) in [5, 5.41) is 0.537. The summed E-state index contributed by atoms with van der Waals surface area (Å²) < 4.78 is 13.5. The van der Waals surface area contributed by atoms with E-state index in [-0.39, 0.29) is 11.4 Å². The van der Waals surface area contributed by atoms with Gasteiger partial charge in [0, 0.05) is 24.2 Å². The molecule has 0 saturated carbocycles. The standard InChI is InChI=1S/C12H18ClFN2/c1-12(2,15)6-7-16(3)11-8-9(13)4-5-10(11)14/h4-5,8H,6-7,15H2,1-3H3. The van der Waals surface area contributed by atoms with Gasteiger partial charge >= 0.3 is 0 Å². The zero-order valence-electron chi connectivity index (χ0n) is 9.93. The summed E-state index contributed by atoms with van der Waals surface area (Å²) in [5.74, 6) is -0.262. The molecule has 16 heavy (non-hydrogen) atoms. The zero-order chi connectivity index (χ0) is 12.3. The monoisotopic (exact) mass is 244 g/mol. The first-order chi connectivity index (χ1) is 7.29. The first-order valence-corrected chi connectivity index (χ1v) is 5.62. The van der Waals surface area contributed by atoms with Crippen LogP contribution in [-0.4, -0.2) is 19.1 Å². The molecule has 4 heteroatoms. The first kappa shape index (κ1) is 13.3. The number of hydrogen-bond acceptors (Lipinski definition) is 2. The molecule has 1 aromatic rings. The van der Waals surface area contributed by atoms with Gasteiger partial charge in [-0.2, -0.15) is 0 Å². The van der Waals surface area contributed by atoms with Crippen molar-refractivity contribution in [1.82, 2.24) is 0 Å². The number of benzene rings is 1. The van der Waals surface area contributed by atoms with E-state index in [0.717, 1.165) is 6.42 Å². The second-order valence-corrected chi connectivity index (χ2v) is 5.19. The molecule has 0 heterocycles. The minimum absolute atomic E-state index is 0.247. The van der Waals surface area contributed by atoms with Crippen molar-refractivity contribution in [3.05, 3.63) is 29.0 Å². The van der Waals surface area contributed by atoms with Crippen LogP contribution in [0.1, 0.15) is 20.3 Å². The molecule has 1 rings (SSSR count). The van der Waals surface area contributed by atoms with Crippen LogP contribution in [0.2, 0.25) is 5.02 Å². The van der Waals surface area contributed by atoms with E-state index in [1.807, 2.05) is 25.8 Å². The molecule has 2 N–H and O–H groups in total. The van der Waals surface area contributed by atoms with E-state index in [4.69, 9.17) is 17.3 Å². The molecule has 0 saturated heterocycles. The van der Waals surface area contributed by atoms with Crippen LogP contribution in [0.25, 0.3) is 0 Å². The second-order valence-electron chi connectivity index (χ2n) is 4.76. The third kappa shape index (κ3) is 3.99. The molecule has 0 aromatic heterocycles. The Morgan fingerprint density at radius 3 is 2.62 bits per heavy atom. The maximum atomic E-state index is 13.5. The van der Waals surface area contributed by atoms with Gasteiger partial charge in [0.1, 0.15) is 5.82 Å². The lowest BCUT2D eigenvalue weighted by Crippen LogP contribution is -2.36. The zero-order valence-corrected chi connectivity index (χ0v) is 10.7. The smallest absolute Gasteiger partial charge is 0.146 e. The molecular weight excluding hydrogens is 227 g/mol. The summed E-state index contributed by atoms with van der Waals surface area (Å²) >= 11 is 5.83. The third-order valence-electron chi connectivity index (χ3n) is 2.41. The quantitative estimate of drug-likeness (QED) is 0.882. The van der Waals surface area contributed by atoms with E-state index in [1.54, 1.807) is 12.1 Å². The lowest BCUT2D eigenvalue weighted by molar-refractivity contribution is 0.477. The Morgan fingerprint density at radius 2 is 2.06 bits per heavy atom. The van der Waals surface area contributed by atoms with Crippen LogP contribution < -0.4 is 10.6 Å². The Hall–Kier alpha value is -0.800. The Morgan fingerprint density at radius 1 is 1.44 bits per heavy atom. The Bertz CT molecular complexity index is 361. The normalized spacial score (nSPS) is 11.6. The third-order valence-corrected chi connectivity index (χ3v) is 2.65. The molecule has 0 amide bonds.